The Balaban J connectivity index is 2.14. The second kappa shape index (κ2) is 5.90. The van der Waals surface area contributed by atoms with E-state index in [1.165, 1.54) is 12.1 Å². The maximum absolute atomic E-state index is 12.5. The van der Waals surface area contributed by atoms with E-state index in [4.69, 9.17) is 0 Å². The third kappa shape index (κ3) is 3.85. The van der Waals surface area contributed by atoms with E-state index in [2.05, 4.69) is 0 Å². The van der Waals surface area contributed by atoms with Crippen molar-refractivity contribution in [2.24, 2.45) is 0 Å². The van der Waals surface area contributed by atoms with Crippen LogP contribution in [-0.4, -0.2) is 5.11 Å². The van der Waals surface area contributed by atoms with Crippen LogP contribution >= 0.6 is 0 Å². The van der Waals surface area contributed by atoms with Crippen LogP contribution in [0, 0.1) is 13.8 Å². The van der Waals surface area contributed by atoms with Crippen LogP contribution in [0.25, 0.3) is 0 Å². The third-order valence-corrected chi connectivity index (χ3v) is 3.49. The molecule has 2 aromatic carbocycles. The van der Waals surface area contributed by atoms with Crippen LogP contribution in [0.1, 0.15) is 33.9 Å². The Bertz CT molecular complexity index is 615. The largest absolute Gasteiger partial charge is 0.416 e. The second-order valence-corrected chi connectivity index (χ2v) is 5.27. The van der Waals surface area contributed by atoms with Gasteiger partial charge in [-0.2, -0.15) is 13.2 Å². The van der Waals surface area contributed by atoms with Crippen molar-refractivity contribution < 1.29 is 18.3 Å². The van der Waals surface area contributed by atoms with Crippen molar-refractivity contribution >= 4 is 0 Å². The van der Waals surface area contributed by atoms with Gasteiger partial charge >= 0.3 is 6.18 Å². The molecule has 0 amide bonds. The molecule has 0 fully saturated rings. The fourth-order valence-corrected chi connectivity index (χ4v) is 2.36. The molecule has 0 aliphatic heterocycles. The van der Waals surface area contributed by atoms with Crippen LogP contribution in [0.2, 0.25) is 0 Å². The molecule has 21 heavy (non-hydrogen) atoms. The summed E-state index contributed by atoms with van der Waals surface area (Å²) < 4.78 is 37.5. The molecular weight excluding hydrogens is 277 g/mol. The number of aliphatic hydroxyl groups excluding tert-OH is 1. The van der Waals surface area contributed by atoms with Crippen molar-refractivity contribution in [2.45, 2.75) is 32.5 Å². The van der Waals surface area contributed by atoms with Gasteiger partial charge in [0.2, 0.25) is 0 Å². The Morgan fingerprint density at radius 2 is 1.62 bits per heavy atom. The third-order valence-electron chi connectivity index (χ3n) is 3.49. The number of alkyl halides is 3. The Morgan fingerprint density at radius 3 is 2.14 bits per heavy atom. The molecule has 1 N–H and O–H groups in total. The van der Waals surface area contributed by atoms with Crippen LogP contribution in [-0.2, 0) is 12.6 Å². The maximum Gasteiger partial charge on any atom is 0.416 e. The number of hydrogen-bond acceptors (Lipinski definition) is 1. The molecule has 1 unspecified atom stereocenters. The molecule has 0 radical (unpaired) electrons. The van der Waals surface area contributed by atoms with E-state index < -0.39 is 17.8 Å². The molecule has 112 valence electrons. The fourth-order valence-electron chi connectivity index (χ4n) is 2.36. The molecule has 2 aromatic rings. The van der Waals surface area contributed by atoms with Crippen molar-refractivity contribution in [3.63, 3.8) is 0 Å². The lowest BCUT2D eigenvalue weighted by Crippen LogP contribution is -2.06. The molecule has 0 aliphatic rings. The van der Waals surface area contributed by atoms with E-state index >= 15 is 0 Å². The van der Waals surface area contributed by atoms with Crippen molar-refractivity contribution in [2.75, 3.05) is 0 Å². The van der Waals surface area contributed by atoms with E-state index in [1.54, 1.807) is 0 Å². The number of aryl methyl sites for hydroxylation is 2. The lowest BCUT2D eigenvalue weighted by atomic mass is 9.96. The Hall–Kier alpha value is -1.81. The zero-order chi connectivity index (χ0) is 15.6. The zero-order valence-corrected chi connectivity index (χ0v) is 11.9. The predicted molar refractivity (Wildman–Crippen MR) is 76.0 cm³/mol. The van der Waals surface area contributed by atoms with Gasteiger partial charge in [-0.15, -0.1) is 0 Å². The van der Waals surface area contributed by atoms with Crippen LogP contribution < -0.4 is 0 Å². The quantitative estimate of drug-likeness (QED) is 0.877. The molecule has 0 aromatic heterocycles. The van der Waals surface area contributed by atoms with Gasteiger partial charge in [0.1, 0.15) is 0 Å². The van der Waals surface area contributed by atoms with Gasteiger partial charge in [-0.25, -0.2) is 0 Å². The van der Waals surface area contributed by atoms with Crippen LogP contribution in [0.4, 0.5) is 13.2 Å². The first-order valence-electron chi connectivity index (χ1n) is 6.69. The lowest BCUT2D eigenvalue weighted by Gasteiger charge is -2.15. The molecule has 0 aliphatic carbocycles. The van der Waals surface area contributed by atoms with Crippen LogP contribution in [0.15, 0.2) is 42.5 Å². The van der Waals surface area contributed by atoms with E-state index in [-0.39, 0.29) is 0 Å². The zero-order valence-electron chi connectivity index (χ0n) is 11.9. The molecule has 1 atom stereocenters. The van der Waals surface area contributed by atoms with E-state index in [0.29, 0.717) is 12.0 Å². The summed E-state index contributed by atoms with van der Waals surface area (Å²) in [5.41, 5.74) is 2.90. The highest BCUT2D eigenvalue weighted by atomic mass is 19.4. The van der Waals surface area contributed by atoms with Crippen molar-refractivity contribution in [3.8, 4) is 0 Å². The summed E-state index contributed by atoms with van der Waals surface area (Å²) in [4.78, 5) is 0. The predicted octanol–water partition coefficient (Wildman–Crippen LogP) is 4.60. The summed E-state index contributed by atoms with van der Waals surface area (Å²) >= 11 is 0. The highest BCUT2D eigenvalue weighted by molar-refractivity contribution is 5.33. The van der Waals surface area contributed by atoms with Crippen molar-refractivity contribution in [3.05, 3.63) is 70.3 Å². The van der Waals surface area contributed by atoms with Gasteiger partial charge in [0, 0.05) is 6.42 Å². The number of hydrogen-bond donors (Lipinski definition) is 1. The van der Waals surface area contributed by atoms with E-state index in [1.807, 2.05) is 32.0 Å². The average Bonchev–Trinajstić information content (AvgIpc) is 2.38. The van der Waals surface area contributed by atoms with Crippen molar-refractivity contribution in [1.82, 2.24) is 0 Å². The van der Waals surface area contributed by atoms with Gasteiger partial charge in [0.05, 0.1) is 11.7 Å². The molecule has 0 spiro atoms. The molecular formula is C17H17F3O. The smallest absolute Gasteiger partial charge is 0.388 e. The topological polar surface area (TPSA) is 20.2 Å². The van der Waals surface area contributed by atoms with Gasteiger partial charge in [0.15, 0.2) is 0 Å². The maximum atomic E-state index is 12.5. The minimum absolute atomic E-state index is 0.294. The Kier molecular flexibility index (Phi) is 4.37. The van der Waals surface area contributed by atoms with Gasteiger partial charge in [-0.3, -0.25) is 0 Å². The van der Waals surface area contributed by atoms with Crippen LogP contribution in [0.5, 0.6) is 0 Å². The Morgan fingerprint density at radius 1 is 1.00 bits per heavy atom. The molecule has 0 bridgehead atoms. The summed E-state index contributed by atoms with van der Waals surface area (Å²) in [5.74, 6) is 0. The second-order valence-electron chi connectivity index (χ2n) is 5.27. The first kappa shape index (κ1) is 15.6. The first-order chi connectivity index (χ1) is 9.77. The first-order valence-corrected chi connectivity index (χ1v) is 6.69. The standard InChI is InChI=1S/C17H17F3O/c1-11-3-8-15(12(2)9-11)16(21)10-13-4-6-14(7-5-13)17(18,19)20/h3-9,16,21H,10H2,1-2H3. The number of aliphatic hydroxyl groups is 1. The van der Waals surface area contributed by atoms with Gasteiger partial charge in [0.25, 0.3) is 0 Å². The normalized spacial score (nSPS) is 13.2. The molecule has 0 saturated carbocycles. The SMILES string of the molecule is Cc1ccc(C(O)Cc2ccc(C(F)(F)F)cc2)c(C)c1. The number of benzene rings is 2. The summed E-state index contributed by atoms with van der Waals surface area (Å²) in [6, 6.07) is 10.7. The summed E-state index contributed by atoms with van der Waals surface area (Å²) in [7, 11) is 0. The number of rotatable bonds is 3. The average molecular weight is 294 g/mol. The molecule has 4 heteroatoms. The molecule has 1 nitrogen and oxygen atoms in total. The molecule has 0 heterocycles. The monoisotopic (exact) mass is 294 g/mol. The highest BCUT2D eigenvalue weighted by Gasteiger charge is 2.30. The molecule has 2 rings (SSSR count). The van der Waals surface area contributed by atoms with Gasteiger partial charge in [-0.05, 0) is 42.7 Å². The lowest BCUT2D eigenvalue weighted by molar-refractivity contribution is -0.137. The minimum atomic E-state index is -4.33. The molecule has 0 saturated heterocycles. The summed E-state index contributed by atoms with van der Waals surface area (Å²) in [6.45, 7) is 3.89. The van der Waals surface area contributed by atoms with Gasteiger partial charge < -0.3 is 5.11 Å². The summed E-state index contributed by atoms with van der Waals surface area (Å²) in [6.07, 6.45) is -4.76. The highest BCUT2D eigenvalue weighted by Crippen LogP contribution is 2.30. The van der Waals surface area contributed by atoms with E-state index in [9.17, 15) is 18.3 Å². The summed E-state index contributed by atoms with van der Waals surface area (Å²) in [5, 5.41) is 10.3. The van der Waals surface area contributed by atoms with Crippen molar-refractivity contribution in [1.29, 1.82) is 0 Å². The van der Waals surface area contributed by atoms with Gasteiger partial charge in [-0.1, -0.05) is 35.9 Å². The minimum Gasteiger partial charge on any atom is -0.388 e. The Labute approximate surface area is 122 Å². The van der Waals surface area contributed by atoms with E-state index in [0.717, 1.165) is 28.8 Å². The van der Waals surface area contributed by atoms with Crippen LogP contribution in [0.3, 0.4) is 0 Å². The fraction of sp³-hybridized carbons (Fsp3) is 0.294. The number of halogens is 3.